The Morgan fingerprint density at radius 2 is 1.83 bits per heavy atom. The second-order valence-corrected chi connectivity index (χ2v) is 11.1. The number of nitrogens with zero attached hydrogens (tertiary/aromatic N) is 2. The molecule has 6 atom stereocenters. The van der Waals surface area contributed by atoms with E-state index >= 15 is 0 Å². The Kier molecular flexibility index (Phi) is 8.20. The van der Waals surface area contributed by atoms with Crippen LogP contribution in [-0.4, -0.2) is 65.9 Å². The van der Waals surface area contributed by atoms with Crippen LogP contribution in [0.5, 0.6) is 0 Å². The van der Waals surface area contributed by atoms with Crippen LogP contribution in [0.2, 0.25) is 0 Å². The highest BCUT2D eigenvalue weighted by atomic mass is 19.4. The van der Waals surface area contributed by atoms with Crippen molar-refractivity contribution in [2.45, 2.75) is 83.6 Å². The third-order valence-corrected chi connectivity index (χ3v) is 7.48. The number of fused-ring (bicyclic) bond motifs is 1. The summed E-state index contributed by atoms with van der Waals surface area (Å²) in [5.74, 6) is -4.29. The summed E-state index contributed by atoms with van der Waals surface area (Å²) in [5.41, 5.74) is -1.06. The molecular formula is C24H34F3N5O4. The van der Waals surface area contributed by atoms with E-state index in [9.17, 15) is 37.6 Å². The predicted octanol–water partition coefficient (Wildman–Crippen LogP) is 1.63. The standard InChI is InChI=1S/C24H34F3N5O4/c1-23(2,3)18(31-22(36)24(25,26)27)21(35)32-12-14-6-4-8-16(14)17(32)20(34)30-15(11-28)10-13-7-5-9-29-19(13)33/h13-18H,4-10,12H2,1-3H3,(H,29,33)(H,30,34)(H,31,36)/t13-,14-,15?,16-,17?,18+/m0/s1. The predicted molar refractivity (Wildman–Crippen MR) is 122 cm³/mol. The van der Waals surface area contributed by atoms with Gasteiger partial charge in [0.05, 0.1) is 6.07 Å². The van der Waals surface area contributed by atoms with Gasteiger partial charge < -0.3 is 20.9 Å². The highest BCUT2D eigenvalue weighted by molar-refractivity contribution is 5.94. The monoisotopic (exact) mass is 513 g/mol. The highest BCUT2D eigenvalue weighted by Gasteiger charge is 2.53. The van der Waals surface area contributed by atoms with Gasteiger partial charge >= 0.3 is 12.1 Å². The zero-order valence-corrected chi connectivity index (χ0v) is 20.8. The number of piperidine rings is 1. The van der Waals surface area contributed by atoms with E-state index in [4.69, 9.17) is 0 Å². The van der Waals surface area contributed by atoms with E-state index in [1.165, 1.54) is 4.90 Å². The van der Waals surface area contributed by atoms with Crippen LogP contribution >= 0.6 is 0 Å². The fraction of sp³-hybridized carbons (Fsp3) is 0.792. The maximum atomic E-state index is 13.6. The largest absolute Gasteiger partial charge is 0.471 e. The van der Waals surface area contributed by atoms with Crippen LogP contribution in [0.15, 0.2) is 0 Å². The van der Waals surface area contributed by atoms with Crippen molar-refractivity contribution in [1.82, 2.24) is 20.9 Å². The summed E-state index contributed by atoms with van der Waals surface area (Å²) in [6, 6.07) is -1.40. The summed E-state index contributed by atoms with van der Waals surface area (Å²) < 4.78 is 38.9. The fourth-order valence-corrected chi connectivity index (χ4v) is 5.64. The van der Waals surface area contributed by atoms with Crippen molar-refractivity contribution in [3.63, 3.8) is 0 Å². The number of alkyl halides is 3. The molecule has 200 valence electrons. The maximum absolute atomic E-state index is 13.6. The molecule has 0 spiro atoms. The molecule has 0 aromatic heterocycles. The fourth-order valence-electron chi connectivity index (χ4n) is 5.64. The molecule has 36 heavy (non-hydrogen) atoms. The van der Waals surface area contributed by atoms with Gasteiger partial charge in [-0.15, -0.1) is 0 Å². The molecular weight excluding hydrogens is 479 g/mol. The van der Waals surface area contributed by atoms with Gasteiger partial charge in [0.2, 0.25) is 17.7 Å². The van der Waals surface area contributed by atoms with Gasteiger partial charge in [-0.25, -0.2) is 0 Å². The lowest BCUT2D eigenvalue weighted by atomic mass is 9.85. The number of likely N-dealkylation sites (tertiary alicyclic amines) is 1. The lowest BCUT2D eigenvalue weighted by molar-refractivity contribution is -0.176. The van der Waals surface area contributed by atoms with Gasteiger partial charge in [-0.2, -0.15) is 18.4 Å². The number of rotatable bonds is 6. The number of hydrogen-bond acceptors (Lipinski definition) is 5. The summed E-state index contributed by atoms with van der Waals surface area (Å²) in [5, 5.41) is 16.9. The molecule has 2 unspecified atom stereocenters. The molecule has 2 saturated heterocycles. The minimum Gasteiger partial charge on any atom is -0.356 e. The van der Waals surface area contributed by atoms with Crippen LogP contribution in [0, 0.1) is 34.5 Å². The number of hydrogen-bond donors (Lipinski definition) is 3. The third-order valence-electron chi connectivity index (χ3n) is 7.48. The average molecular weight is 514 g/mol. The van der Waals surface area contributed by atoms with Crippen molar-refractivity contribution in [2.75, 3.05) is 13.1 Å². The number of halogens is 3. The lowest BCUT2D eigenvalue weighted by Gasteiger charge is -2.36. The van der Waals surface area contributed by atoms with E-state index in [0.29, 0.717) is 19.4 Å². The maximum Gasteiger partial charge on any atom is 0.471 e. The van der Waals surface area contributed by atoms with Gasteiger partial charge in [0.25, 0.3) is 0 Å². The Balaban J connectivity index is 1.80. The summed E-state index contributed by atoms with van der Waals surface area (Å²) in [6.07, 6.45) is -1.35. The topological polar surface area (TPSA) is 131 Å². The van der Waals surface area contributed by atoms with Gasteiger partial charge in [-0.1, -0.05) is 27.2 Å². The first-order valence-electron chi connectivity index (χ1n) is 12.4. The van der Waals surface area contributed by atoms with Crippen LogP contribution < -0.4 is 16.0 Å². The first-order valence-corrected chi connectivity index (χ1v) is 12.4. The molecule has 3 aliphatic rings. The van der Waals surface area contributed by atoms with E-state index < -0.39 is 53.4 Å². The van der Waals surface area contributed by atoms with Crippen LogP contribution in [0.25, 0.3) is 0 Å². The van der Waals surface area contributed by atoms with Crippen molar-refractivity contribution in [2.24, 2.45) is 23.2 Å². The first-order chi connectivity index (χ1) is 16.7. The van der Waals surface area contributed by atoms with Crippen LogP contribution in [-0.2, 0) is 19.2 Å². The van der Waals surface area contributed by atoms with E-state index in [0.717, 1.165) is 19.3 Å². The minimum absolute atomic E-state index is 0.00768. The van der Waals surface area contributed by atoms with Crippen LogP contribution in [0.1, 0.15) is 59.3 Å². The highest BCUT2D eigenvalue weighted by Crippen LogP contribution is 2.43. The Bertz CT molecular complexity index is 926. The minimum atomic E-state index is -5.16. The Hall–Kier alpha value is -2.84. The molecule has 0 bridgehead atoms. The van der Waals surface area contributed by atoms with Crippen molar-refractivity contribution in [3.05, 3.63) is 0 Å². The number of carbonyl (C=O) groups is 4. The molecule has 2 heterocycles. The zero-order valence-electron chi connectivity index (χ0n) is 20.8. The number of amides is 4. The average Bonchev–Trinajstić information content (AvgIpc) is 3.37. The first kappa shape index (κ1) is 27.7. The zero-order chi connectivity index (χ0) is 26.8. The second-order valence-electron chi connectivity index (χ2n) is 11.1. The van der Waals surface area contributed by atoms with Gasteiger partial charge in [0.1, 0.15) is 18.1 Å². The molecule has 9 nitrogen and oxygen atoms in total. The van der Waals surface area contributed by atoms with Crippen molar-refractivity contribution in [1.29, 1.82) is 5.26 Å². The van der Waals surface area contributed by atoms with Gasteiger partial charge in [-0.3, -0.25) is 19.2 Å². The Morgan fingerprint density at radius 3 is 2.42 bits per heavy atom. The quantitative estimate of drug-likeness (QED) is 0.497. The van der Waals surface area contributed by atoms with E-state index in [1.54, 1.807) is 20.8 Å². The summed E-state index contributed by atoms with van der Waals surface area (Å²) >= 11 is 0. The molecule has 3 rings (SSSR count). The molecule has 12 heteroatoms. The lowest BCUT2D eigenvalue weighted by Crippen LogP contribution is -2.60. The Morgan fingerprint density at radius 1 is 1.14 bits per heavy atom. The molecule has 3 fully saturated rings. The number of nitriles is 1. The van der Waals surface area contributed by atoms with Crippen molar-refractivity contribution < 1.29 is 32.3 Å². The summed E-state index contributed by atoms with van der Waals surface area (Å²) in [7, 11) is 0. The normalized spacial score (nSPS) is 27.9. The van der Waals surface area contributed by atoms with Crippen LogP contribution in [0.3, 0.4) is 0 Å². The Labute approximate surface area is 208 Å². The van der Waals surface area contributed by atoms with Crippen molar-refractivity contribution in [3.8, 4) is 6.07 Å². The van der Waals surface area contributed by atoms with E-state index in [2.05, 4.69) is 10.6 Å². The van der Waals surface area contributed by atoms with Gasteiger partial charge in [0, 0.05) is 19.0 Å². The second kappa shape index (κ2) is 10.6. The van der Waals surface area contributed by atoms with Gasteiger partial charge in [0.15, 0.2) is 0 Å². The molecule has 1 saturated carbocycles. The SMILES string of the molecule is CC(C)(C)[C@H](NC(=O)C(F)(F)F)C(=O)N1C[C@@H]2CCC[C@@H]2C1C(=O)NC(C#N)C[C@@H]1CCCNC1=O. The summed E-state index contributed by atoms with van der Waals surface area (Å²) in [4.78, 5) is 52.1. The molecule has 0 radical (unpaired) electrons. The smallest absolute Gasteiger partial charge is 0.356 e. The van der Waals surface area contributed by atoms with E-state index in [1.807, 2.05) is 11.4 Å². The van der Waals surface area contributed by atoms with Crippen LogP contribution in [0.4, 0.5) is 13.2 Å². The number of carbonyl (C=O) groups excluding carboxylic acids is 4. The van der Waals surface area contributed by atoms with Gasteiger partial charge in [-0.05, 0) is 49.4 Å². The van der Waals surface area contributed by atoms with E-state index in [-0.39, 0.29) is 30.7 Å². The molecule has 0 aromatic rings. The summed E-state index contributed by atoms with van der Waals surface area (Å²) in [6.45, 7) is 5.39. The third kappa shape index (κ3) is 6.10. The molecule has 3 N–H and O–H groups in total. The molecule has 4 amide bonds. The number of nitrogens with one attached hydrogen (secondary N) is 3. The molecule has 2 aliphatic heterocycles. The van der Waals surface area contributed by atoms with Crippen molar-refractivity contribution >= 4 is 23.6 Å². The molecule has 1 aliphatic carbocycles. The molecule has 0 aromatic carbocycles.